The topological polar surface area (TPSA) is 103 Å². The third-order valence-corrected chi connectivity index (χ3v) is 4.11. The second-order valence-electron chi connectivity index (χ2n) is 5.66. The predicted molar refractivity (Wildman–Crippen MR) is 104 cm³/mol. The molecule has 0 spiro atoms. The number of ether oxygens (including phenoxy) is 2. The number of nitro groups is 1. The minimum atomic E-state index is -0.551. The molecule has 9 heteroatoms. The van der Waals surface area contributed by atoms with Crippen molar-refractivity contribution in [2.45, 2.75) is 13.8 Å². The number of benzene rings is 2. The summed E-state index contributed by atoms with van der Waals surface area (Å²) in [7, 11) is 1.35. The summed E-state index contributed by atoms with van der Waals surface area (Å²) in [5.41, 5.74) is 4.56. The van der Waals surface area contributed by atoms with Gasteiger partial charge in [-0.3, -0.25) is 14.9 Å². The van der Waals surface area contributed by atoms with Crippen LogP contribution in [0, 0.1) is 24.0 Å². The van der Waals surface area contributed by atoms with Crippen molar-refractivity contribution in [3.8, 4) is 11.5 Å². The highest BCUT2D eigenvalue weighted by Crippen LogP contribution is 2.30. The summed E-state index contributed by atoms with van der Waals surface area (Å²) >= 11 is 3.41. The highest BCUT2D eigenvalue weighted by Gasteiger charge is 2.14. The third-order valence-electron chi connectivity index (χ3n) is 3.52. The van der Waals surface area contributed by atoms with Crippen LogP contribution >= 0.6 is 15.9 Å². The van der Waals surface area contributed by atoms with E-state index in [-0.39, 0.29) is 18.0 Å². The highest BCUT2D eigenvalue weighted by atomic mass is 79.9. The lowest BCUT2D eigenvalue weighted by Gasteiger charge is -2.11. The van der Waals surface area contributed by atoms with Gasteiger partial charge in [-0.2, -0.15) is 5.10 Å². The van der Waals surface area contributed by atoms with Crippen molar-refractivity contribution in [2.75, 3.05) is 13.7 Å². The zero-order valence-corrected chi connectivity index (χ0v) is 16.6. The van der Waals surface area contributed by atoms with Gasteiger partial charge in [-0.25, -0.2) is 5.43 Å². The number of hydrazone groups is 1. The molecule has 0 saturated heterocycles. The summed E-state index contributed by atoms with van der Waals surface area (Å²) in [6.07, 6.45) is 1.30. The third kappa shape index (κ3) is 5.52. The molecule has 2 rings (SSSR count). The monoisotopic (exact) mass is 435 g/mol. The van der Waals surface area contributed by atoms with Gasteiger partial charge in [-0.1, -0.05) is 6.07 Å². The number of rotatable bonds is 7. The number of hydrogen-bond donors (Lipinski definition) is 1. The minimum absolute atomic E-state index is 0.147. The molecule has 0 saturated carbocycles. The fourth-order valence-electron chi connectivity index (χ4n) is 2.36. The Bertz CT molecular complexity index is 876. The van der Waals surface area contributed by atoms with Crippen molar-refractivity contribution < 1.29 is 19.2 Å². The molecule has 8 nitrogen and oxygen atoms in total. The van der Waals surface area contributed by atoms with E-state index in [1.54, 1.807) is 6.07 Å². The Morgan fingerprint density at radius 1 is 1.33 bits per heavy atom. The van der Waals surface area contributed by atoms with Crippen molar-refractivity contribution in [1.29, 1.82) is 0 Å². The molecule has 0 atom stereocenters. The number of nitrogens with one attached hydrogen (secondary N) is 1. The Kier molecular flexibility index (Phi) is 6.89. The molecule has 0 aliphatic heterocycles. The van der Waals surface area contributed by atoms with Crippen molar-refractivity contribution in [2.24, 2.45) is 5.10 Å². The van der Waals surface area contributed by atoms with E-state index in [1.807, 2.05) is 26.0 Å². The molecule has 2 aromatic carbocycles. The van der Waals surface area contributed by atoms with E-state index in [2.05, 4.69) is 26.5 Å². The van der Waals surface area contributed by atoms with Crippen LogP contribution in [0.4, 0.5) is 5.69 Å². The average molecular weight is 436 g/mol. The molecule has 0 heterocycles. The van der Waals surface area contributed by atoms with Crippen LogP contribution in [0.5, 0.6) is 11.5 Å². The number of aryl methyl sites for hydroxylation is 2. The van der Waals surface area contributed by atoms with Crippen LogP contribution in [0.25, 0.3) is 0 Å². The van der Waals surface area contributed by atoms with Gasteiger partial charge in [-0.05, 0) is 59.1 Å². The van der Waals surface area contributed by atoms with Crippen LogP contribution < -0.4 is 14.9 Å². The first kappa shape index (κ1) is 20.4. The SMILES string of the molecule is COc1ccc(/C=N\NC(=O)COc2c(C)cc(C)cc2Br)cc1[N+](=O)[O-]. The Balaban J connectivity index is 1.96. The van der Waals surface area contributed by atoms with Crippen molar-refractivity contribution in [3.63, 3.8) is 0 Å². The van der Waals surface area contributed by atoms with Gasteiger partial charge in [0.2, 0.25) is 0 Å². The highest BCUT2D eigenvalue weighted by molar-refractivity contribution is 9.10. The van der Waals surface area contributed by atoms with Crippen LogP contribution in [0.3, 0.4) is 0 Å². The number of carbonyl (C=O) groups is 1. The Morgan fingerprint density at radius 3 is 2.70 bits per heavy atom. The van der Waals surface area contributed by atoms with Gasteiger partial charge in [0, 0.05) is 11.6 Å². The van der Waals surface area contributed by atoms with Crippen molar-refractivity contribution in [1.82, 2.24) is 5.43 Å². The zero-order chi connectivity index (χ0) is 20.0. The van der Waals surface area contributed by atoms with E-state index in [0.29, 0.717) is 11.3 Å². The minimum Gasteiger partial charge on any atom is -0.490 e. The molecular weight excluding hydrogens is 418 g/mol. The summed E-state index contributed by atoms with van der Waals surface area (Å²) in [6.45, 7) is 3.63. The molecule has 0 bridgehead atoms. The van der Waals surface area contributed by atoms with Crippen LogP contribution in [0.15, 0.2) is 39.9 Å². The number of hydrogen-bond acceptors (Lipinski definition) is 6. The molecule has 0 unspecified atom stereocenters. The van der Waals surface area contributed by atoms with Gasteiger partial charge in [-0.15, -0.1) is 0 Å². The summed E-state index contributed by atoms with van der Waals surface area (Å²) < 4.78 is 11.2. The Hall–Kier alpha value is -2.94. The molecule has 0 aliphatic carbocycles. The number of nitro benzene ring substituents is 1. The van der Waals surface area contributed by atoms with Crippen molar-refractivity contribution in [3.05, 3.63) is 61.6 Å². The first-order valence-corrected chi connectivity index (χ1v) is 8.65. The van der Waals surface area contributed by atoms with E-state index < -0.39 is 10.8 Å². The fraction of sp³-hybridized carbons (Fsp3) is 0.222. The van der Waals surface area contributed by atoms with E-state index >= 15 is 0 Å². The second kappa shape index (κ2) is 9.13. The number of carbonyl (C=O) groups excluding carboxylic acids is 1. The molecule has 142 valence electrons. The lowest BCUT2D eigenvalue weighted by atomic mass is 10.1. The summed E-state index contributed by atoms with van der Waals surface area (Å²) in [5, 5.41) is 14.8. The van der Waals surface area contributed by atoms with Crippen LogP contribution in [0.1, 0.15) is 16.7 Å². The zero-order valence-electron chi connectivity index (χ0n) is 15.0. The van der Waals surface area contributed by atoms with Crippen molar-refractivity contribution >= 4 is 33.7 Å². The smallest absolute Gasteiger partial charge is 0.311 e. The second-order valence-corrected chi connectivity index (χ2v) is 6.52. The molecule has 1 N–H and O–H groups in total. The first-order valence-electron chi connectivity index (χ1n) is 7.85. The summed E-state index contributed by atoms with van der Waals surface area (Å²) in [6, 6.07) is 8.20. The molecule has 1 amide bonds. The van der Waals surface area contributed by atoms with Gasteiger partial charge in [0.25, 0.3) is 5.91 Å². The molecule has 0 fully saturated rings. The number of methoxy groups -OCH3 is 1. The van der Waals surface area contributed by atoms with E-state index in [0.717, 1.165) is 15.6 Å². The quantitative estimate of drug-likeness (QED) is 0.407. The summed E-state index contributed by atoms with van der Waals surface area (Å²) in [5.74, 6) is 0.278. The number of amides is 1. The lowest BCUT2D eigenvalue weighted by molar-refractivity contribution is -0.385. The fourth-order valence-corrected chi connectivity index (χ4v) is 3.15. The Morgan fingerprint density at radius 2 is 2.07 bits per heavy atom. The lowest BCUT2D eigenvalue weighted by Crippen LogP contribution is -2.24. The van der Waals surface area contributed by atoms with Gasteiger partial charge < -0.3 is 9.47 Å². The molecule has 27 heavy (non-hydrogen) atoms. The van der Waals surface area contributed by atoms with Gasteiger partial charge in [0.1, 0.15) is 5.75 Å². The summed E-state index contributed by atoms with van der Waals surface area (Å²) in [4.78, 5) is 22.3. The van der Waals surface area contributed by atoms with Crippen LogP contribution in [0.2, 0.25) is 0 Å². The van der Waals surface area contributed by atoms with E-state index in [1.165, 1.54) is 25.5 Å². The molecular formula is C18H18BrN3O5. The molecule has 2 aromatic rings. The van der Waals surface area contributed by atoms with Crippen LogP contribution in [-0.2, 0) is 4.79 Å². The maximum Gasteiger partial charge on any atom is 0.311 e. The molecule has 0 aliphatic rings. The largest absolute Gasteiger partial charge is 0.490 e. The van der Waals surface area contributed by atoms with E-state index in [4.69, 9.17) is 9.47 Å². The standard InChI is InChI=1S/C18H18BrN3O5/c1-11-6-12(2)18(14(19)7-11)27-10-17(23)21-20-9-13-4-5-16(26-3)15(8-13)22(24)25/h4-9H,10H2,1-3H3,(H,21,23)/b20-9-. The Labute approximate surface area is 164 Å². The normalized spacial score (nSPS) is 10.7. The van der Waals surface area contributed by atoms with Crippen LogP contribution in [-0.4, -0.2) is 30.8 Å². The van der Waals surface area contributed by atoms with Gasteiger partial charge in [0.05, 0.1) is 22.7 Å². The average Bonchev–Trinajstić information content (AvgIpc) is 2.60. The van der Waals surface area contributed by atoms with Gasteiger partial charge in [0.15, 0.2) is 12.4 Å². The maximum atomic E-state index is 11.9. The number of nitrogens with zero attached hydrogens (tertiary/aromatic N) is 2. The molecule has 0 aromatic heterocycles. The molecule has 0 radical (unpaired) electrons. The predicted octanol–water partition coefficient (Wildman–Crippen LogP) is 3.51. The number of halogens is 1. The van der Waals surface area contributed by atoms with Gasteiger partial charge >= 0.3 is 5.69 Å². The first-order chi connectivity index (χ1) is 12.8. The maximum absolute atomic E-state index is 11.9. The van der Waals surface area contributed by atoms with E-state index in [9.17, 15) is 14.9 Å².